The van der Waals surface area contributed by atoms with E-state index in [0.29, 0.717) is 31.6 Å². The van der Waals surface area contributed by atoms with Crippen LogP contribution in [0.1, 0.15) is 388 Å². The lowest BCUT2D eigenvalue weighted by Gasteiger charge is -2.21. The molecule has 3 N–H and O–H groups in total. The van der Waals surface area contributed by atoms with Crippen molar-refractivity contribution in [2.45, 2.75) is 407 Å². The van der Waals surface area contributed by atoms with Gasteiger partial charge in [-0.15, -0.1) is 0 Å². The highest BCUT2D eigenvalue weighted by Crippen LogP contribution is 2.45. The zero-order valence-electron chi connectivity index (χ0n) is 61.3. The highest BCUT2D eigenvalue weighted by Gasteiger charge is 2.30. The minimum absolute atomic E-state index is 0.104. The Kier molecular flexibility index (Phi) is 65.5. The third-order valence-electron chi connectivity index (χ3n) is 17.8. The van der Waals surface area contributed by atoms with Gasteiger partial charge < -0.3 is 33.8 Å². The fourth-order valence-electron chi connectivity index (χ4n) is 11.4. The van der Waals surface area contributed by atoms with Crippen molar-refractivity contribution >= 4 is 39.5 Å². The lowest BCUT2D eigenvalue weighted by atomic mass is 9.99. The maximum absolute atomic E-state index is 13.1. The number of hydrogen-bond acceptors (Lipinski definition) is 15. The van der Waals surface area contributed by atoms with E-state index in [9.17, 15) is 43.2 Å². The van der Waals surface area contributed by atoms with Gasteiger partial charge in [-0.25, -0.2) is 9.13 Å². The molecule has 0 aromatic carbocycles. The molecule has 0 aromatic heterocycles. The van der Waals surface area contributed by atoms with E-state index in [4.69, 9.17) is 37.0 Å². The second-order valence-electron chi connectivity index (χ2n) is 27.8. The maximum Gasteiger partial charge on any atom is 0.472 e. The van der Waals surface area contributed by atoms with Crippen LogP contribution in [-0.4, -0.2) is 96.7 Å². The minimum Gasteiger partial charge on any atom is -0.462 e. The van der Waals surface area contributed by atoms with Crippen LogP contribution in [-0.2, 0) is 65.4 Å². The number of aliphatic hydroxyl groups is 1. The molecule has 6 atom stereocenters. The predicted molar refractivity (Wildman–Crippen MR) is 381 cm³/mol. The number of unbranched alkanes of at least 4 members (excludes halogenated alkanes) is 43. The lowest BCUT2D eigenvalue weighted by molar-refractivity contribution is -0.161. The quantitative estimate of drug-likeness (QED) is 0.0222. The highest BCUT2D eigenvalue weighted by atomic mass is 31.2. The standard InChI is InChI=1S/C75H146O17P2/c1-7-10-12-14-16-18-20-22-24-25-26-27-29-31-33-40-47-53-59-74(79)91-70(63-85-72(77)57-51-45-39-32-30-28-23-21-19-17-15-13-11-8-2)65-89-93(81,82)87-61-69(76)62-88-94(83,84)90-66-71(64-86-73(78)58-52-46-42-36-37-43-49-55-67(4)5)92-75(80)60-54-48-41-35-34-38-44-50-56-68(6)9-3/h67-71,76H,7-66H2,1-6H3,(H,81,82)(H,83,84)/t68?,69-,70-,71-/m1/s1. The van der Waals surface area contributed by atoms with E-state index >= 15 is 0 Å². The zero-order chi connectivity index (χ0) is 69.3. The maximum atomic E-state index is 13.1. The van der Waals surface area contributed by atoms with Gasteiger partial charge in [0.1, 0.15) is 19.3 Å². The van der Waals surface area contributed by atoms with E-state index in [2.05, 4.69) is 41.5 Å². The van der Waals surface area contributed by atoms with Gasteiger partial charge in [0.15, 0.2) is 12.2 Å². The third kappa shape index (κ3) is 67.3. The molecule has 0 aliphatic rings. The molecule has 17 nitrogen and oxygen atoms in total. The summed E-state index contributed by atoms with van der Waals surface area (Å²) in [6.45, 7) is 9.53. The van der Waals surface area contributed by atoms with Gasteiger partial charge in [-0.3, -0.25) is 37.3 Å². The number of hydrogen-bond donors (Lipinski definition) is 3. The predicted octanol–water partition coefficient (Wildman–Crippen LogP) is 21.9. The van der Waals surface area contributed by atoms with Crippen molar-refractivity contribution in [3.8, 4) is 0 Å². The molecule has 0 aliphatic carbocycles. The van der Waals surface area contributed by atoms with Crippen molar-refractivity contribution in [2.24, 2.45) is 11.8 Å². The van der Waals surface area contributed by atoms with Crippen LogP contribution in [0, 0.1) is 11.8 Å². The molecule has 0 aromatic rings. The van der Waals surface area contributed by atoms with Crippen molar-refractivity contribution in [2.75, 3.05) is 39.6 Å². The normalized spacial score (nSPS) is 14.3. The number of ether oxygens (including phenoxy) is 4. The molecule has 0 heterocycles. The van der Waals surface area contributed by atoms with Gasteiger partial charge in [0.2, 0.25) is 0 Å². The Morgan fingerprint density at radius 1 is 0.309 bits per heavy atom. The summed E-state index contributed by atoms with van der Waals surface area (Å²) in [6.07, 6.45) is 54.1. The summed E-state index contributed by atoms with van der Waals surface area (Å²) in [5.41, 5.74) is 0. The molecule has 0 bridgehead atoms. The highest BCUT2D eigenvalue weighted by molar-refractivity contribution is 7.47. The molecule has 0 aliphatic heterocycles. The molecule has 3 unspecified atom stereocenters. The van der Waals surface area contributed by atoms with Crippen molar-refractivity contribution in [3.05, 3.63) is 0 Å². The van der Waals surface area contributed by atoms with E-state index in [1.54, 1.807) is 0 Å². The first-order valence-electron chi connectivity index (χ1n) is 39.0. The van der Waals surface area contributed by atoms with Crippen molar-refractivity contribution in [3.63, 3.8) is 0 Å². The zero-order valence-corrected chi connectivity index (χ0v) is 63.1. The van der Waals surface area contributed by atoms with Crippen molar-refractivity contribution in [1.82, 2.24) is 0 Å². The second-order valence-corrected chi connectivity index (χ2v) is 30.7. The molecular weight excluding hydrogens is 1230 g/mol. The molecule has 94 heavy (non-hydrogen) atoms. The van der Waals surface area contributed by atoms with Gasteiger partial charge in [-0.05, 0) is 37.5 Å². The molecule has 0 rings (SSSR count). The molecule has 0 amide bonds. The Balaban J connectivity index is 5.24. The van der Waals surface area contributed by atoms with Crippen LogP contribution in [0.4, 0.5) is 0 Å². The first-order chi connectivity index (χ1) is 45.4. The number of phosphoric ester groups is 2. The van der Waals surface area contributed by atoms with Crippen LogP contribution in [0.25, 0.3) is 0 Å². The number of carbonyl (C=O) groups excluding carboxylic acids is 4. The van der Waals surface area contributed by atoms with Crippen LogP contribution in [0.5, 0.6) is 0 Å². The summed E-state index contributed by atoms with van der Waals surface area (Å²) < 4.78 is 68.5. The molecule has 0 spiro atoms. The van der Waals surface area contributed by atoms with Crippen LogP contribution in [0.15, 0.2) is 0 Å². The molecule has 0 radical (unpaired) electrons. The van der Waals surface area contributed by atoms with Crippen molar-refractivity contribution in [1.29, 1.82) is 0 Å². The van der Waals surface area contributed by atoms with Gasteiger partial charge in [0, 0.05) is 25.7 Å². The van der Waals surface area contributed by atoms with Gasteiger partial charge in [-0.1, -0.05) is 337 Å². The number of rotatable bonds is 74. The first kappa shape index (κ1) is 92.1. The second kappa shape index (κ2) is 66.9. The Bertz CT molecular complexity index is 1820. The average Bonchev–Trinajstić information content (AvgIpc) is 3.58. The lowest BCUT2D eigenvalue weighted by Crippen LogP contribution is -2.30. The molecule has 19 heteroatoms. The van der Waals surface area contributed by atoms with Crippen molar-refractivity contribution < 1.29 is 80.2 Å². The number of aliphatic hydroxyl groups excluding tert-OH is 1. The fourth-order valence-corrected chi connectivity index (χ4v) is 13.0. The molecule has 0 fully saturated rings. The monoisotopic (exact) mass is 1380 g/mol. The van der Waals surface area contributed by atoms with Gasteiger partial charge in [-0.2, -0.15) is 0 Å². The van der Waals surface area contributed by atoms with E-state index in [-0.39, 0.29) is 25.7 Å². The topological polar surface area (TPSA) is 237 Å². The number of carbonyl (C=O) groups is 4. The molecule has 0 saturated carbocycles. The van der Waals surface area contributed by atoms with E-state index in [1.807, 2.05) is 0 Å². The van der Waals surface area contributed by atoms with E-state index in [0.717, 1.165) is 102 Å². The van der Waals surface area contributed by atoms with Crippen LogP contribution in [0.3, 0.4) is 0 Å². The van der Waals surface area contributed by atoms with Gasteiger partial charge >= 0.3 is 39.5 Å². The first-order valence-corrected chi connectivity index (χ1v) is 42.0. The summed E-state index contributed by atoms with van der Waals surface area (Å²) in [4.78, 5) is 72.8. The van der Waals surface area contributed by atoms with Crippen LogP contribution >= 0.6 is 15.6 Å². The molecule has 0 saturated heterocycles. The third-order valence-corrected chi connectivity index (χ3v) is 19.7. The molecular formula is C75H146O17P2. The van der Waals surface area contributed by atoms with Gasteiger partial charge in [0.25, 0.3) is 0 Å². The molecule has 558 valence electrons. The Morgan fingerprint density at radius 2 is 0.543 bits per heavy atom. The average molecular weight is 1380 g/mol. The largest absolute Gasteiger partial charge is 0.472 e. The Labute approximate surface area is 575 Å². The summed E-state index contributed by atoms with van der Waals surface area (Å²) in [5, 5.41) is 10.6. The minimum atomic E-state index is -4.96. The summed E-state index contributed by atoms with van der Waals surface area (Å²) in [7, 11) is -9.91. The fraction of sp³-hybridized carbons (Fsp3) is 0.947. The SMILES string of the molecule is CCCCCCCCCCCCCCCCCCCCC(=O)O[C@H](COC(=O)CCCCCCCCCCCCCCCC)COP(=O)(O)OC[C@@H](O)COP(=O)(O)OC[C@@H](COC(=O)CCCCCCCCCC(C)C)OC(=O)CCCCCCCCCCC(C)CC. The van der Waals surface area contributed by atoms with E-state index < -0.39 is 97.5 Å². The van der Waals surface area contributed by atoms with Gasteiger partial charge in [0.05, 0.1) is 26.4 Å². The van der Waals surface area contributed by atoms with Crippen LogP contribution < -0.4 is 0 Å². The Hall–Kier alpha value is -1.94. The van der Waals surface area contributed by atoms with Crippen LogP contribution in [0.2, 0.25) is 0 Å². The summed E-state index contributed by atoms with van der Waals surface area (Å²) in [5.74, 6) is -0.644. The smallest absolute Gasteiger partial charge is 0.462 e. The Morgan fingerprint density at radius 3 is 0.809 bits per heavy atom. The van der Waals surface area contributed by atoms with E-state index in [1.165, 1.54) is 199 Å². The summed E-state index contributed by atoms with van der Waals surface area (Å²) in [6, 6.07) is 0. The summed E-state index contributed by atoms with van der Waals surface area (Å²) >= 11 is 0. The number of esters is 4. The number of phosphoric acid groups is 2.